The Bertz CT molecular complexity index is 659. The van der Waals surface area contributed by atoms with Crippen molar-refractivity contribution in [1.29, 1.82) is 0 Å². The fraction of sp³-hybridized carbons (Fsp3) is 0.438. The van der Waals surface area contributed by atoms with E-state index in [4.69, 9.17) is 10.5 Å². The van der Waals surface area contributed by atoms with E-state index in [0.717, 1.165) is 28.0 Å². The van der Waals surface area contributed by atoms with Crippen LogP contribution in [0.4, 0.5) is 11.4 Å². The highest BCUT2D eigenvalue weighted by Gasteiger charge is 2.27. The molecule has 1 aliphatic heterocycles. The second-order valence-corrected chi connectivity index (χ2v) is 5.70. The Morgan fingerprint density at radius 1 is 1.43 bits per heavy atom. The number of ether oxygens (including phenoxy) is 1. The highest BCUT2D eigenvalue weighted by Crippen LogP contribution is 2.31. The normalized spacial score (nSPS) is 22.7. The van der Waals surface area contributed by atoms with Crippen molar-refractivity contribution in [3.63, 3.8) is 0 Å². The molecule has 2 heterocycles. The van der Waals surface area contributed by atoms with Crippen LogP contribution in [0.2, 0.25) is 0 Å². The first kappa shape index (κ1) is 14.1. The maximum atomic E-state index is 9.37. The molecule has 1 aromatic carbocycles. The van der Waals surface area contributed by atoms with Crippen molar-refractivity contribution >= 4 is 22.3 Å². The first-order valence-electron chi connectivity index (χ1n) is 7.24. The number of nitrogens with zero attached hydrogens (tertiary/aromatic N) is 2. The van der Waals surface area contributed by atoms with Crippen LogP contribution in [-0.4, -0.2) is 42.0 Å². The number of hydrogen-bond donors (Lipinski definition) is 2. The number of nitrogens with two attached hydrogens (primary N) is 1. The Hall–Kier alpha value is -1.85. The van der Waals surface area contributed by atoms with Crippen LogP contribution in [0.25, 0.3) is 10.9 Å². The molecule has 1 saturated heterocycles. The van der Waals surface area contributed by atoms with Gasteiger partial charge < -0.3 is 20.5 Å². The monoisotopic (exact) mass is 287 g/mol. The van der Waals surface area contributed by atoms with Crippen LogP contribution in [0.15, 0.2) is 24.3 Å². The Kier molecular flexibility index (Phi) is 3.69. The van der Waals surface area contributed by atoms with E-state index in [2.05, 4.69) is 22.9 Å². The fourth-order valence-corrected chi connectivity index (χ4v) is 2.86. The fourth-order valence-electron chi connectivity index (χ4n) is 2.86. The number of aromatic nitrogens is 1. The van der Waals surface area contributed by atoms with Gasteiger partial charge in [0.05, 0.1) is 24.8 Å². The summed E-state index contributed by atoms with van der Waals surface area (Å²) in [5, 5.41) is 10.4. The van der Waals surface area contributed by atoms with Gasteiger partial charge in [0.15, 0.2) is 0 Å². The molecule has 0 amide bonds. The minimum absolute atomic E-state index is 0.0351. The Labute approximate surface area is 124 Å². The molecule has 5 nitrogen and oxygen atoms in total. The van der Waals surface area contributed by atoms with Gasteiger partial charge in [0.25, 0.3) is 0 Å². The van der Waals surface area contributed by atoms with E-state index >= 15 is 0 Å². The molecule has 1 fully saturated rings. The van der Waals surface area contributed by atoms with E-state index in [0.29, 0.717) is 13.2 Å². The van der Waals surface area contributed by atoms with Crippen LogP contribution < -0.4 is 10.6 Å². The van der Waals surface area contributed by atoms with E-state index in [1.807, 2.05) is 25.1 Å². The number of benzene rings is 1. The average molecular weight is 287 g/mol. The zero-order valence-corrected chi connectivity index (χ0v) is 12.4. The molecule has 2 unspecified atom stereocenters. The molecule has 0 spiro atoms. The van der Waals surface area contributed by atoms with Crippen molar-refractivity contribution in [2.45, 2.75) is 26.0 Å². The van der Waals surface area contributed by atoms with Gasteiger partial charge in [-0.2, -0.15) is 0 Å². The summed E-state index contributed by atoms with van der Waals surface area (Å²) in [5.41, 5.74) is 9.69. The average Bonchev–Trinajstić information content (AvgIpc) is 2.47. The summed E-state index contributed by atoms with van der Waals surface area (Å²) >= 11 is 0. The largest absolute Gasteiger partial charge is 0.399 e. The molecular weight excluding hydrogens is 266 g/mol. The number of anilines is 2. The molecule has 2 aromatic rings. The predicted octanol–water partition coefficient (Wildman–Crippen LogP) is 1.71. The predicted molar refractivity (Wildman–Crippen MR) is 84.5 cm³/mol. The quantitative estimate of drug-likeness (QED) is 0.823. The summed E-state index contributed by atoms with van der Waals surface area (Å²) in [5.74, 6) is 0. The first-order chi connectivity index (χ1) is 10.1. The molecule has 21 heavy (non-hydrogen) atoms. The zero-order valence-electron chi connectivity index (χ0n) is 12.4. The lowest BCUT2D eigenvalue weighted by molar-refractivity contribution is -0.0102. The van der Waals surface area contributed by atoms with Gasteiger partial charge in [0.2, 0.25) is 0 Å². The molecule has 3 N–H and O–H groups in total. The Balaban J connectivity index is 2.11. The molecule has 0 bridgehead atoms. The number of rotatable bonds is 2. The van der Waals surface area contributed by atoms with Crippen molar-refractivity contribution in [2.75, 3.05) is 30.4 Å². The number of fused-ring (bicyclic) bond motifs is 1. The standard InChI is InChI=1S/C16H21N3O2/c1-10-5-16(14-6-12(17)3-4-15(14)18-10)19-7-13(8-20)21-9-11(19)2/h3-6,11,13,20H,7-9,17H2,1-2H3. The van der Waals surface area contributed by atoms with Crippen molar-refractivity contribution < 1.29 is 9.84 Å². The van der Waals surface area contributed by atoms with Gasteiger partial charge in [-0.05, 0) is 38.1 Å². The van der Waals surface area contributed by atoms with E-state index < -0.39 is 0 Å². The highest BCUT2D eigenvalue weighted by atomic mass is 16.5. The highest BCUT2D eigenvalue weighted by molar-refractivity contribution is 5.94. The zero-order chi connectivity index (χ0) is 15.0. The van der Waals surface area contributed by atoms with Gasteiger partial charge >= 0.3 is 0 Å². The molecule has 112 valence electrons. The maximum absolute atomic E-state index is 9.37. The number of aliphatic hydroxyl groups excluding tert-OH is 1. The first-order valence-corrected chi connectivity index (χ1v) is 7.24. The smallest absolute Gasteiger partial charge is 0.0981 e. The van der Waals surface area contributed by atoms with Crippen LogP contribution in [0.5, 0.6) is 0 Å². The van der Waals surface area contributed by atoms with Crippen molar-refractivity contribution in [2.24, 2.45) is 0 Å². The number of aryl methyl sites for hydroxylation is 1. The Morgan fingerprint density at radius 3 is 3.00 bits per heavy atom. The molecule has 2 atom stereocenters. The molecule has 0 radical (unpaired) electrons. The lowest BCUT2D eigenvalue weighted by atomic mass is 10.1. The number of hydrogen-bond acceptors (Lipinski definition) is 5. The third-order valence-corrected chi connectivity index (χ3v) is 3.96. The molecule has 0 saturated carbocycles. The minimum atomic E-state index is -0.147. The molecule has 0 aliphatic carbocycles. The molecule has 5 heteroatoms. The van der Waals surface area contributed by atoms with Crippen molar-refractivity contribution in [1.82, 2.24) is 4.98 Å². The van der Waals surface area contributed by atoms with Gasteiger partial charge in [0.1, 0.15) is 0 Å². The second-order valence-electron chi connectivity index (χ2n) is 5.70. The van der Waals surface area contributed by atoms with E-state index in [1.54, 1.807) is 0 Å². The van der Waals surface area contributed by atoms with E-state index in [9.17, 15) is 5.11 Å². The summed E-state index contributed by atoms with van der Waals surface area (Å²) in [6.07, 6.45) is -0.147. The van der Waals surface area contributed by atoms with Gasteiger partial charge in [-0.15, -0.1) is 0 Å². The van der Waals surface area contributed by atoms with Crippen LogP contribution in [0.3, 0.4) is 0 Å². The lowest BCUT2D eigenvalue weighted by Gasteiger charge is -2.39. The lowest BCUT2D eigenvalue weighted by Crippen LogP contribution is -2.49. The SMILES string of the molecule is Cc1cc(N2CC(CO)OCC2C)c2cc(N)ccc2n1. The van der Waals surface area contributed by atoms with Gasteiger partial charge in [-0.1, -0.05) is 0 Å². The van der Waals surface area contributed by atoms with E-state index in [-0.39, 0.29) is 18.8 Å². The third-order valence-electron chi connectivity index (χ3n) is 3.96. The number of morpholine rings is 1. The molecule has 3 rings (SSSR count). The second kappa shape index (κ2) is 5.50. The summed E-state index contributed by atoms with van der Waals surface area (Å²) in [6, 6.07) is 8.12. The van der Waals surface area contributed by atoms with Gasteiger partial charge in [0, 0.05) is 35.0 Å². The number of aliphatic hydroxyl groups is 1. The summed E-state index contributed by atoms with van der Waals surface area (Å²) in [4.78, 5) is 6.85. The maximum Gasteiger partial charge on any atom is 0.0981 e. The number of nitrogen functional groups attached to an aromatic ring is 1. The van der Waals surface area contributed by atoms with Crippen molar-refractivity contribution in [3.05, 3.63) is 30.0 Å². The molecule has 1 aliphatic rings. The van der Waals surface area contributed by atoms with Crippen LogP contribution in [0, 0.1) is 6.92 Å². The van der Waals surface area contributed by atoms with Gasteiger partial charge in [-0.3, -0.25) is 4.98 Å². The van der Waals surface area contributed by atoms with Crippen LogP contribution in [-0.2, 0) is 4.74 Å². The molecule has 1 aromatic heterocycles. The summed E-state index contributed by atoms with van der Waals surface area (Å²) in [7, 11) is 0. The summed E-state index contributed by atoms with van der Waals surface area (Å²) < 4.78 is 5.63. The topological polar surface area (TPSA) is 71.6 Å². The number of pyridine rings is 1. The Morgan fingerprint density at radius 2 is 2.24 bits per heavy atom. The van der Waals surface area contributed by atoms with Crippen molar-refractivity contribution in [3.8, 4) is 0 Å². The minimum Gasteiger partial charge on any atom is -0.399 e. The third kappa shape index (κ3) is 2.66. The van der Waals surface area contributed by atoms with Crippen LogP contribution >= 0.6 is 0 Å². The van der Waals surface area contributed by atoms with Crippen LogP contribution in [0.1, 0.15) is 12.6 Å². The molecular formula is C16H21N3O2. The van der Waals surface area contributed by atoms with E-state index in [1.165, 1.54) is 0 Å². The van der Waals surface area contributed by atoms with Gasteiger partial charge in [-0.25, -0.2) is 0 Å². The summed E-state index contributed by atoms with van der Waals surface area (Å²) in [6.45, 7) is 5.43.